The predicted octanol–water partition coefficient (Wildman–Crippen LogP) is 1.71. The second-order valence-corrected chi connectivity index (χ2v) is 9.44. The molecule has 4 aliphatic rings. The van der Waals surface area contributed by atoms with E-state index >= 15 is 0 Å². The van der Waals surface area contributed by atoms with Gasteiger partial charge in [-0.3, -0.25) is 19.5 Å². The molecule has 2 aliphatic carbocycles. The van der Waals surface area contributed by atoms with Gasteiger partial charge in [0, 0.05) is 45.3 Å². The molecule has 7 heteroatoms. The minimum atomic E-state index is -0.130. The summed E-state index contributed by atoms with van der Waals surface area (Å²) in [6.45, 7) is 3.12. The summed E-state index contributed by atoms with van der Waals surface area (Å²) in [5, 5.41) is 6.77. The van der Waals surface area contributed by atoms with E-state index < -0.39 is 0 Å². The lowest BCUT2D eigenvalue weighted by Crippen LogP contribution is -2.49. The van der Waals surface area contributed by atoms with E-state index in [9.17, 15) is 9.59 Å². The molecule has 0 spiro atoms. The maximum atomic E-state index is 12.8. The number of carbonyl (C=O) groups excluding carboxylic acids is 2. The van der Waals surface area contributed by atoms with E-state index in [0.717, 1.165) is 39.0 Å². The van der Waals surface area contributed by atoms with Crippen molar-refractivity contribution in [2.45, 2.75) is 24.7 Å². The molecule has 0 radical (unpaired) electrons. The molecule has 7 nitrogen and oxygen atoms in total. The number of nitrogens with zero attached hydrogens (tertiary/aromatic N) is 2. The molecule has 2 saturated heterocycles. The molecule has 170 valence electrons. The Hall–Kier alpha value is -2.67. The molecule has 2 heterocycles. The van der Waals surface area contributed by atoms with E-state index in [1.54, 1.807) is 7.05 Å². The first-order valence-corrected chi connectivity index (χ1v) is 11.7. The van der Waals surface area contributed by atoms with Gasteiger partial charge in [0.1, 0.15) is 0 Å². The van der Waals surface area contributed by atoms with Crippen LogP contribution in [0.5, 0.6) is 0 Å². The minimum Gasteiger partial charge on any atom is -0.381 e. The van der Waals surface area contributed by atoms with Crippen molar-refractivity contribution < 1.29 is 14.3 Å². The highest BCUT2D eigenvalue weighted by Crippen LogP contribution is 2.52. The number of hydrogen-bond donors (Lipinski definition) is 2. The Bertz CT molecular complexity index is 892. The van der Waals surface area contributed by atoms with Crippen LogP contribution in [0.2, 0.25) is 0 Å². The molecule has 32 heavy (non-hydrogen) atoms. The molecule has 4 unspecified atom stereocenters. The summed E-state index contributed by atoms with van der Waals surface area (Å²) >= 11 is 0. The van der Waals surface area contributed by atoms with Crippen LogP contribution in [0.15, 0.2) is 47.5 Å². The summed E-state index contributed by atoms with van der Waals surface area (Å²) in [5.74, 6) is 0.944. The number of allylic oxidation sites excluding steroid dienone is 2. The van der Waals surface area contributed by atoms with Crippen LogP contribution < -0.4 is 10.6 Å². The molecule has 1 saturated carbocycles. The smallest absolute Gasteiger partial charge is 0.233 e. The quantitative estimate of drug-likeness (QED) is 0.307. The summed E-state index contributed by atoms with van der Waals surface area (Å²) in [7, 11) is 1.74. The fourth-order valence-corrected chi connectivity index (χ4v) is 6.07. The van der Waals surface area contributed by atoms with Gasteiger partial charge < -0.3 is 15.4 Å². The molecular weight excluding hydrogens is 404 g/mol. The zero-order valence-corrected chi connectivity index (χ0v) is 18.6. The van der Waals surface area contributed by atoms with Crippen LogP contribution in [-0.4, -0.2) is 62.6 Å². The van der Waals surface area contributed by atoms with E-state index in [-0.39, 0.29) is 40.9 Å². The van der Waals surface area contributed by atoms with Gasteiger partial charge in [-0.25, -0.2) is 0 Å². The molecular formula is C25H32N4O3. The zero-order chi connectivity index (χ0) is 22.1. The van der Waals surface area contributed by atoms with Gasteiger partial charge in [-0.1, -0.05) is 42.5 Å². The van der Waals surface area contributed by atoms with Gasteiger partial charge in [0.25, 0.3) is 0 Å². The van der Waals surface area contributed by atoms with Gasteiger partial charge in [-0.05, 0) is 36.7 Å². The first-order chi connectivity index (χ1) is 15.6. The van der Waals surface area contributed by atoms with Crippen LogP contribution in [0.25, 0.3) is 0 Å². The van der Waals surface area contributed by atoms with E-state index in [4.69, 9.17) is 4.74 Å². The maximum absolute atomic E-state index is 12.8. The molecule has 1 aromatic carbocycles. The molecule has 5 rings (SSSR count). The van der Waals surface area contributed by atoms with Gasteiger partial charge in [0.05, 0.1) is 11.8 Å². The summed E-state index contributed by atoms with van der Waals surface area (Å²) < 4.78 is 5.62. The van der Waals surface area contributed by atoms with Crippen molar-refractivity contribution in [2.24, 2.45) is 28.7 Å². The number of likely N-dealkylation sites (tertiary alicyclic amines) is 1. The summed E-state index contributed by atoms with van der Waals surface area (Å²) in [5.41, 5.74) is 1.32. The average molecular weight is 437 g/mol. The number of guanidine groups is 1. The second-order valence-electron chi connectivity index (χ2n) is 9.44. The van der Waals surface area contributed by atoms with Crippen LogP contribution in [0, 0.1) is 23.7 Å². The number of rotatable bonds is 6. The Morgan fingerprint density at radius 2 is 1.72 bits per heavy atom. The van der Waals surface area contributed by atoms with E-state index in [1.165, 1.54) is 10.5 Å². The monoisotopic (exact) mass is 436 g/mol. The van der Waals surface area contributed by atoms with Gasteiger partial charge in [-0.2, -0.15) is 0 Å². The van der Waals surface area contributed by atoms with Gasteiger partial charge in [0.2, 0.25) is 11.8 Å². The zero-order valence-electron chi connectivity index (χ0n) is 18.6. The standard InChI is InChI=1S/C25H32N4O3/c1-26-24(28-16-25(9-13-32-14-10-25)19-5-3-2-4-6-19)27-11-12-29-22(30)20-17-7-8-18(15-17)21(20)23(29)31/h2-8,17-18,20-21H,9-16H2,1H3,(H2,26,27,28). The highest BCUT2D eigenvalue weighted by molar-refractivity contribution is 6.06. The van der Waals surface area contributed by atoms with E-state index in [1.807, 2.05) is 6.07 Å². The molecule has 1 aromatic rings. The topological polar surface area (TPSA) is 83.0 Å². The van der Waals surface area contributed by atoms with Crippen LogP contribution in [0.4, 0.5) is 0 Å². The number of imide groups is 1. The van der Waals surface area contributed by atoms with Crippen LogP contribution in [0.1, 0.15) is 24.8 Å². The molecule has 2 amide bonds. The Kier molecular flexibility index (Phi) is 5.76. The fourth-order valence-electron chi connectivity index (χ4n) is 6.07. The van der Waals surface area contributed by atoms with Crippen LogP contribution in [0.3, 0.4) is 0 Å². The predicted molar refractivity (Wildman–Crippen MR) is 122 cm³/mol. The Labute approximate surface area is 189 Å². The summed E-state index contributed by atoms with van der Waals surface area (Å²) in [6.07, 6.45) is 7.13. The highest BCUT2D eigenvalue weighted by atomic mass is 16.5. The fraction of sp³-hybridized carbons (Fsp3) is 0.560. The number of hydrogen-bond acceptors (Lipinski definition) is 4. The first kappa shape index (κ1) is 21.2. The Morgan fingerprint density at radius 3 is 2.34 bits per heavy atom. The number of carbonyl (C=O) groups is 2. The van der Waals surface area contributed by atoms with Crippen molar-refractivity contribution in [3.8, 4) is 0 Å². The van der Waals surface area contributed by atoms with Crippen molar-refractivity contribution in [1.82, 2.24) is 15.5 Å². The highest BCUT2D eigenvalue weighted by Gasteiger charge is 2.58. The first-order valence-electron chi connectivity index (χ1n) is 11.7. The van der Waals surface area contributed by atoms with Crippen molar-refractivity contribution in [3.05, 3.63) is 48.0 Å². The molecule has 2 aliphatic heterocycles. The molecule has 2 N–H and O–H groups in total. The third-order valence-corrected chi connectivity index (χ3v) is 7.84. The summed E-state index contributed by atoms with van der Waals surface area (Å²) in [6, 6.07) is 10.6. The largest absolute Gasteiger partial charge is 0.381 e. The van der Waals surface area contributed by atoms with Crippen molar-refractivity contribution in [2.75, 3.05) is 39.9 Å². The second kappa shape index (κ2) is 8.70. The lowest BCUT2D eigenvalue weighted by molar-refractivity contribution is -0.140. The number of nitrogens with one attached hydrogen (secondary N) is 2. The normalized spacial score (nSPS) is 30.7. The minimum absolute atomic E-state index is 0.00172. The third kappa shape index (κ3) is 3.62. The van der Waals surface area contributed by atoms with Crippen LogP contribution in [-0.2, 0) is 19.7 Å². The number of amides is 2. The number of ether oxygens (including phenoxy) is 1. The van der Waals surface area contributed by atoms with Gasteiger partial charge in [0.15, 0.2) is 5.96 Å². The van der Waals surface area contributed by atoms with Crippen LogP contribution >= 0.6 is 0 Å². The molecule has 0 aromatic heterocycles. The van der Waals surface area contributed by atoms with Crippen molar-refractivity contribution in [3.63, 3.8) is 0 Å². The molecule has 2 bridgehead atoms. The van der Waals surface area contributed by atoms with Gasteiger partial charge >= 0.3 is 0 Å². The average Bonchev–Trinajstić information content (AvgIpc) is 3.52. The lowest BCUT2D eigenvalue weighted by atomic mass is 9.74. The number of fused-ring (bicyclic) bond motifs is 5. The SMILES string of the molecule is CN=C(NCCN1C(=O)C2C3C=CC(C3)C2C1=O)NCC1(c2ccccc2)CCOCC1. The maximum Gasteiger partial charge on any atom is 0.233 e. The van der Waals surface area contributed by atoms with E-state index in [2.05, 4.69) is 52.0 Å². The molecule has 3 fully saturated rings. The third-order valence-electron chi connectivity index (χ3n) is 7.84. The molecule has 4 atom stereocenters. The lowest BCUT2D eigenvalue weighted by Gasteiger charge is -2.38. The van der Waals surface area contributed by atoms with Crippen molar-refractivity contribution in [1.29, 1.82) is 0 Å². The van der Waals surface area contributed by atoms with Crippen molar-refractivity contribution >= 4 is 17.8 Å². The summed E-state index contributed by atoms with van der Waals surface area (Å²) in [4.78, 5) is 31.5. The number of benzene rings is 1. The Morgan fingerprint density at radius 1 is 1.06 bits per heavy atom. The number of aliphatic imine (C=N–C) groups is 1. The van der Waals surface area contributed by atoms with Gasteiger partial charge in [-0.15, -0.1) is 0 Å². The van der Waals surface area contributed by atoms with E-state index in [0.29, 0.717) is 19.0 Å². The Balaban J connectivity index is 1.16.